The first-order valence-electron chi connectivity index (χ1n) is 7.01. The van der Waals surface area contributed by atoms with Crippen molar-refractivity contribution >= 4 is 0 Å². The van der Waals surface area contributed by atoms with Crippen LogP contribution in [0.25, 0.3) is 0 Å². The molecule has 0 spiro atoms. The summed E-state index contributed by atoms with van der Waals surface area (Å²) in [6.45, 7) is 4.75. The average molecular weight is 273 g/mol. The quantitative estimate of drug-likeness (QED) is 0.878. The molecule has 20 heavy (non-hydrogen) atoms. The number of aromatic nitrogens is 2. The zero-order chi connectivity index (χ0) is 14.5. The molecule has 0 saturated carbocycles. The molecule has 2 aromatic rings. The lowest BCUT2D eigenvalue weighted by Gasteiger charge is -2.14. The van der Waals surface area contributed by atoms with Crippen molar-refractivity contribution < 1.29 is 4.74 Å². The number of nitrogens with two attached hydrogens (primary N) is 1. The van der Waals surface area contributed by atoms with Crippen LogP contribution in [0.3, 0.4) is 0 Å². The van der Waals surface area contributed by atoms with E-state index in [1.54, 1.807) is 0 Å². The van der Waals surface area contributed by atoms with E-state index in [1.807, 2.05) is 37.0 Å². The fraction of sp³-hybridized carbons (Fsp3) is 0.438. The van der Waals surface area contributed by atoms with Crippen LogP contribution in [0.2, 0.25) is 0 Å². The van der Waals surface area contributed by atoms with Gasteiger partial charge >= 0.3 is 0 Å². The van der Waals surface area contributed by atoms with Gasteiger partial charge in [0.1, 0.15) is 5.75 Å². The zero-order valence-electron chi connectivity index (χ0n) is 12.5. The van der Waals surface area contributed by atoms with Crippen LogP contribution >= 0.6 is 0 Å². The number of ether oxygens (including phenoxy) is 1. The summed E-state index contributed by atoms with van der Waals surface area (Å²) in [5, 5.41) is 4.16. The first-order chi connectivity index (χ1) is 9.56. The third kappa shape index (κ3) is 3.84. The minimum Gasteiger partial charge on any atom is -0.493 e. The Morgan fingerprint density at radius 1 is 1.35 bits per heavy atom. The number of hydrogen-bond donors (Lipinski definition) is 1. The van der Waals surface area contributed by atoms with Crippen LogP contribution in [0.5, 0.6) is 5.75 Å². The van der Waals surface area contributed by atoms with Crippen molar-refractivity contribution in [2.75, 3.05) is 6.61 Å². The van der Waals surface area contributed by atoms with E-state index in [-0.39, 0.29) is 6.04 Å². The molecule has 1 aromatic carbocycles. The van der Waals surface area contributed by atoms with Crippen molar-refractivity contribution in [3.05, 3.63) is 47.3 Å². The van der Waals surface area contributed by atoms with Gasteiger partial charge in [-0.25, -0.2) is 0 Å². The van der Waals surface area contributed by atoms with E-state index in [0.717, 1.165) is 18.6 Å². The standard InChI is InChI=1S/C16H23N3O/c1-12-4-5-16(14(10-12)11-13(2)17)20-9-7-15-6-8-18-19(15)3/h4-6,8,10,13H,7,9,11,17H2,1-3H3. The molecule has 0 aliphatic heterocycles. The maximum Gasteiger partial charge on any atom is 0.122 e. The Morgan fingerprint density at radius 2 is 2.15 bits per heavy atom. The van der Waals surface area contributed by atoms with Gasteiger partial charge in [-0.05, 0) is 38.0 Å². The summed E-state index contributed by atoms with van der Waals surface area (Å²) in [5.74, 6) is 0.940. The van der Waals surface area contributed by atoms with Crippen molar-refractivity contribution in [2.24, 2.45) is 12.8 Å². The predicted octanol–water partition coefficient (Wildman–Crippen LogP) is 2.24. The van der Waals surface area contributed by atoms with E-state index >= 15 is 0 Å². The molecule has 4 nitrogen and oxygen atoms in total. The summed E-state index contributed by atoms with van der Waals surface area (Å²) < 4.78 is 7.80. The Kier molecular flexibility index (Phi) is 4.79. The van der Waals surface area contributed by atoms with Gasteiger partial charge in [-0.3, -0.25) is 4.68 Å². The maximum atomic E-state index is 5.92. The average Bonchev–Trinajstić information content (AvgIpc) is 2.77. The number of rotatable bonds is 6. The first-order valence-corrected chi connectivity index (χ1v) is 7.01. The summed E-state index contributed by atoms with van der Waals surface area (Å²) in [6.07, 6.45) is 3.49. The van der Waals surface area contributed by atoms with Gasteiger partial charge < -0.3 is 10.5 Å². The Labute approximate surface area is 120 Å². The molecule has 0 fully saturated rings. The topological polar surface area (TPSA) is 53.1 Å². The van der Waals surface area contributed by atoms with Crippen LogP contribution < -0.4 is 10.5 Å². The van der Waals surface area contributed by atoms with Crippen LogP contribution in [-0.4, -0.2) is 22.4 Å². The van der Waals surface area contributed by atoms with Crippen molar-refractivity contribution in [2.45, 2.75) is 32.7 Å². The number of benzene rings is 1. The smallest absolute Gasteiger partial charge is 0.122 e. The van der Waals surface area contributed by atoms with Gasteiger partial charge in [-0.15, -0.1) is 0 Å². The zero-order valence-corrected chi connectivity index (χ0v) is 12.5. The molecule has 1 atom stereocenters. The maximum absolute atomic E-state index is 5.92. The molecular weight excluding hydrogens is 250 g/mol. The summed E-state index contributed by atoms with van der Waals surface area (Å²) in [7, 11) is 1.95. The van der Waals surface area contributed by atoms with E-state index in [9.17, 15) is 0 Å². The molecule has 0 saturated heterocycles. The predicted molar refractivity (Wildman–Crippen MR) is 80.9 cm³/mol. The molecule has 1 unspecified atom stereocenters. The molecule has 0 aliphatic carbocycles. The van der Waals surface area contributed by atoms with Gasteiger partial charge in [-0.2, -0.15) is 5.10 Å². The highest BCUT2D eigenvalue weighted by molar-refractivity contribution is 5.37. The second-order valence-corrected chi connectivity index (χ2v) is 5.34. The van der Waals surface area contributed by atoms with Crippen LogP contribution in [0.15, 0.2) is 30.5 Å². The monoisotopic (exact) mass is 273 g/mol. The van der Waals surface area contributed by atoms with E-state index in [1.165, 1.54) is 16.8 Å². The van der Waals surface area contributed by atoms with Crippen molar-refractivity contribution in [1.29, 1.82) is 0 Å². The van der Waals surface area contributed by atoms with E-state index in [2.05, 4.69) is 24.2 Å². The van der Waals surface area contributed by atoms with Gasteiger partial charge in [-0.1, -0.05) is 17.7 Å². The summed E-state index contributed by atoms with van der Waals surface area (Å²) in [6, 6.07) is 8.42. The Bertz CT molecular complexity index is 561. The number of nitrogens with zero attached hydrogens (tertiary/aromatic N) is 2. The molecule has 0 aliphatic rings. The third-order valence-corrected chi connectivity index (χ3v) is 3.30. The van der Waals surface area contributed by atoms with E-state index in [0.29, 0.717) is 6.61 Å². The second-order valence-electron chi connectivity index (χ2n) is 5.34. The Balaban J connectivity index is 2.00. The summed E-state index contributed by atoms with van der Waals surface area (Å²) in [5.41, 5.74) is 9.49. The van der Waals surface area contributed by atoms with Crippen LogP contribution in [-0.2, 0) is 19.9 Å². The molecule has 0 amide bonds. The highest BCUT2D eigenvalue weighted by atomic mass is 16.5. The minimum absolute atomic E-state index is 0.135. The lowest BCUT2D eigenvalue weighted by molar-refractivity contribution is 0.314. The van der Waals surface area contributed by atoms with Gasteiger partial charge in [0.15, 0.2) is 0 Å². The molecule has 4 heteroatoms. The van der Waals surface area contributed by atoms with Gasteiger partial charge in [0.25, 0.3) is 0 Å². The Hall–Kier alpha value is -1.81. The number of hydrogen-bond acceptors (Lipinski definition) is 3. The highest BCUT2D eigenvalue weighted by Crippen LogP contribution is 2.21. The molecule has 1 aromatic heterocycles. The highest BCUT2D eigenvalue weighted by Gasteiger charge is 2.07. The van der Waals surface area contributed by atoms with Crippen LogP contribution in [0, 0.1) is 6.92 Å². The molecule has 1 heterocycles. The Morgan fingerprint density at radius 3 is 2.80 bits per heavy atom. The first kappa shape index (κ1) is 14.6. The molecule has 2 N–H and O–H groups in total. The molecule has 108 valence electrons. The molecule has 0 radical (unpaired) electrons. The molecule has 0 bridgehead atoms. The normalized spacial score (nSPS) is 12.4. The largest absolute Gasteiger partial charge is 0.493 e. The second kappa shape index (κ2) is 6.57. The third-order valence-electron chi connectivity index (χ3n) is 3.30. The van der Waals surface area contributed by atoms with Crippen LogP contribution in [0.4, 0.5) is 0 Å². The van der Waals surface area contributed by atoms with Gasteiger partial charge in [0.2, 0.25) is 0 Å². The van der Waals surface area contributed by atoms with Gasteiger partial charge in [0.05, 0.1) is 6.61 Å². The van der Waals surface area contributed by atoms with Crippen molar-refractivity contribution in [1.82, 2.24) is 9.78 Å². The molecule has 2 rings (SSSR count). The van der Waals surface area contributed by atoms with Crippen molar-refractivity contribution in [3.8, 4) is 5.75 Å². The lowest BCUT2D eigenvalue weighted by Crippen LogP contribution is -2.18. The van der Waals surface area contributed by atoms with Crippen molar-refractivity contribution in [3.63, 3.8) is 0 Å². The lowest BCUT2D eigenvalue weighted by atomic mass is 10.0. The minimum atomic E-state index is 0.135. The SMILES string of the molecule is Cc1ccc(OCCc2ccnn2C)c(CC(C)N)c1. The van der Waals surface area contributed by atoms with Gasteiger partial charge in [0, 0.05) is 31.4 Å². The fourth-order valence-electron chi connectivity index (χ4n) is 2.27. The summed E-state index contributed by atoms with van der Waals surface area (Å²) in [4.78, 5) is 0. The summed E-state index contributed by atoms with van der Waals surface area (Å²) >= 11 is 0. The molecular formula is C16H23N3O. The fourth-order valence-corrected chi connectivity index (χ4v) is 2.27. The van der Waals surface area contributed by atoms with E-state index in [4.69, 9.17) is 10.5 Å². The number of aryl methyl sites for hydroxylation is 2. The van der Waals surface area contributed by atoms with Crippen LogP contribution in [0.1, 0.15) is 23.7 Å². The van der Waals surface area contributed by atoms with E-state index < -0.39 is 0 Å².